The van der Waals surface area contributed by atoms with Crippen molar-refractivity contribution >= 4 is 61.5 Å². The molecule has 1 atom stereocenters. The minimum atomic E-state index is -1.36. The summed E-state index contributed by atoms with van der Waals surface area (Å²) < 4.78 is 0. The molecule has 26 heavy (non-hydrogen) atoms. The number of aliphatic carboxylic acids is 2. The maximum Gasteiger partial charge on any atom is 2.00 e. The van der Waals surface area contributed by atoms with Gasteiger partial charge in [0, 0.05) is 12.2 Å². The van der Waals surface area contributed by atoms with E-state index >= 15 is 0 Å². The predicted molar refractivity (Wildman–Crippen MR) is 93.4 cm³/mol. The van der Waals surface area contributed by atoms with Gasteiger partial charge in [0.25, 0.3) is 11.8 Å². The van der Waals surface area contributed by atoms with Crippen molar-refractivity contribution in [1.29, 1.82) is 0 Å². The van der Waals surface area contributed by atoms with Crippen molar-refractivity contribution in [3.63, 3.8) is 0 Å². The fraction of sp³-hybridized carbons (Fsp3) is 0.556. The van der Waals surface area contributed by atoms with E-state index in [0.717, 1.165) is 42.4 Å². The first kappa shape index (κ1) is 27.0. The minimum absolute atomic E-state index is 0. The molecule has 0 N–H and O–H groups in total. The molecule has 0 aliphatic carbocycles. The minimum Gasteiger partial charge on any atom is -0.548 e. The van der Waals surface area contributed by atoms with E-state index in [0.29, 0.717) is 6.42 Å². The molecule has 0 saturated carbocycles. The Morgan fingerprint density at radius 1 is 1.04 bits per heavy atom. The van der Waals surface area contributed by atoms with Crippen LogP contribution < -0.4 is 10.2 Å². The topological polar surface area (TPSA) is 118 Å². The normalized spacial score (nSPS) is 13.5. The van der Waals surface area contributed by atoms with Gasteiger partial charge in [0.2, 0.25) is 0 Å². The molecular weight excluding hydrogens is 366 g/mol. The molecule has 0 bridgehead atoms. The van der Waals surface area contributed by atoms with E-state index < -0.39 is 29.8 Å². The molecule has 1 rings (SSSR count). The molecule has 140 valence electrons. The number of amides is 2. The second-order valence-electron chi connectivity index (χ2n) is 5.65. The Morgan fingerprint density at radius 3 is 1.85 bits per heavy atom. The van der Waals surface area contributed by atoms with E-state index in [-0.39, 0.29) is 44.2 Å². The summed E-state index contributed by atoms with van der Waals surface area (Å²) in [5.74, 6) is -3.72. The van der Waals surface area contributed by atoms with Gasteiger partial charge < -0.3 is 19.8 Å². The Morgan fingerprint density at radius 2 is 1.46 bits per heavy atom. The SMILES string of the molecule is C=CC(=O)[O-].CCCCCCCCCC(C(=O)[O-])N1C(=O)C=CC1=O.[Ca+2]. The average Bonchev–Trinajstić information content (AvgIpc) is 2.89. The number of carbonyl (C=O) groups excluding carboxylic acids is 4. The van der Waals surface area contributed by atoms with E-state index in [1.807, 2.05) is 0 Å². The van der Waals surface area contributed by atoms with Gasteiger partial charge in [0.1, 0.15) is 0 Å². The van der Waals surface area contributed by atoms with Gasteiger partial charge in [-0.25, -0.2) is 0 Å². The van der Waals surface area contributed by atoms with Gasteiger partial charge in [-0.1, -0.05) is 58.4 Å². The quantitative estimate of drug-likeness (QED) is 0.207. The number of carbonyl (C=O) groups is 4. The van der Waals surface area contributed by atoms with E-state index in [1.165, 1.54) is 19.3 Å². The van der Waals surface area contributed by atoms with Crippen LogP contribution in [0.2, 0.25) is 0 Å². The summed E-state index contributed by atoms with van der Waals surface area (Å²) in [6, 6.07) is -1.14. The number of unbranched alkanes of at least 4 members (excludes halogenated alkanes) is 6. The summed E-state index contributed by atoms with van der Waals surface area (Å²) >= 11 is 0. The molecule has 0 aromatic rings. The Kier molecular flexibility index (Phi) is 16.7. The van der Waals surface area contributed by atoms with E-state index in [9.17, 15) is 19.5 Å². The molecule has 1 unspecified atom stereocenters. The van der Waals surface area contributed by atoms with Gasteiger partial charge in [-0.15, -0.1) is 0 Å². The summed E-state index contributed by atoms with van der Waals surface area (Å²) in [6.07, 6.45) is 10.6. The largest absolute Gasteiger partial charge is 2.00 e. The molecule has 1 heterocycles. The summed E-state index contributed by atoms with van der Waals surface area (Å²) in [6.45, 7) is 5.05. The molecule has 0 radical (unpaired) electrons. The predicted octanol–water partition coefficient (Wildman–Crippen LogP) is -0.288. The van der Waals surface area contributed by atoms with Crippen LogP contribution in [0.25, 0.3) is 0 Å². The number of nitrogens with zero attached hydrogens (tertiary/aromatic N) is 1. The maximum atomic E-state index is 11.5. The van der Waals surface area contributed by atoms with Crippen LogP contribution in [-0.2, 0) is 19.2 Å². The molecule has 1 aliphatic rings. The van der Waals surface area contributed by atoms with Crippen molar-refractivity contribution in [1.82, 2.24) is 4.90 Å². The number of carboxylic acids is 2. The molecule has 1 aliphatic heterocycles. The summed E-state index contributed by atoms with van der Waals surface area (Å²) in [5.41, 5.74) is 0. The zero-order valence-electron chi connectivity index (χ0n) is 15.3. The maximum absolute atomic E-state index is 11.5. The van der Waals surface area contributed by atoms with E-state index in [2.05, 4.69) is 13.5 Å². The Bertz CT molecular complexity index is 500. The number of carboxylic acid groups (broad SMARTS) is 2. The third-order valence-corrected chi connectivity index (χ3v) is 3.67. The number of imide groups is 1. The molecule has 0 aromatic carbocycles. The second kappa shape index (κ2) is 16.0. The molecule has 0 aromatic heterocycles. The Balaban J connectivity index is 0. The molecule has 0 fully saturated rings. The van der Waals surface area contributed by atoms with Gasteiger partial charge >= 0.3 is 37.7 Å². The second-order valence-corrected chi connectivity index (χ2v) is 5.65. The van der Waals surface area contributed by atoms with Gasteiger partial charge in [-0.2, -0.15) is 0 Å². The van der Waals surface area contributed by atoms with Crippen molar-refractivity contribution in [2.24, 2.45) is 0 Å². The van der Waals surface area contributed by atoms with Crippen LogP contribution in [0.3, 0.4) is 0 Å². The molecule has 0 saturated heterocycles. The summed E-state index contributed by atoms with van der Waals surface area (Å²) in [4.78, 5) is 44.0. The fourth-order valence-corrected chi connectivity index (χ4v) is 2.37. The third-order valence-electron chi connectivity index (χ3n) is 3.67. The zero-order chi connectivity index (χ0) is 19.2. The fourth-order valence-electron chi connectivity index (χ4n) is 2.37. The van der Waals surface area contributed by atoms with Gasteiger partial charge in [0.05, 0.1) is 18.0 Å². The van der Waals surface area contributed by atoms with Crippen LogP contribution in [-0.4, -0.2) is 72.4 Å². The zero-order valence-corrected chi connectivity index (χ0v) is 17.5. The molecule has 8 heteroatoms. The Labute approximate surface area is 184 Å². The smallest absolute Gasteiger partial charge is 0.548 e. The molecule has 2 amide bonds. The molecule has 7 nitrogen and oxygen atoms in total. The molecular formula is C18H25CaNO6. The van der Waals surface area contributed by atoms with Crippen molar-refractivity contribution in [2.75, 3.05) is 0 Å². The molecule has 0 spiro atoms. The average molecular weight is 391 g/mol. The van der Waals surface area contributed by atoms with Crippen LogP contribution in [0.4, 0.5) is 0 Å². The van der Waals surface area contributed by atoms with Gasteiger partial charge in [-0.3, -0.25) is 14.5 Å². The van der Waals surface area contributed by atoms with Crippen LogP contribution in [0.15, 0.2) is 24.8 Å². The number of hydrogen-bond acceptors (Lipinski definition) is 6. The van der Waals surface area contributed by atoms with Crippen LogP contribution in [0.1, 0.15) is 58.3 Å². The van der Waals surface area contributed by atoms with Crippen molar-refractivity contribution in [2.45, 2.75) is 64.3 Å². The van der Waals surface area contributed by atoms with Gasteiger partial charge in [-0.05, 0) is 12.5 Å². The summed E-state index contributed by atoms with van der Waals surface area (Å²) in [7, 11) is 0. The standard InChI is InChI=1S/C15H23NO4.C3H4O2.Ca/c1-2-3-4-5-6-7-8-9-12(15(19)20)16-13(17)10-11-14(16)18;1-2-3(4)5;/h10-12H,2-9H2,1H3,(H,19,20);2H,1H2,(H,4,5);/q;;+2/p-2. The first-order valence-corrected chi connectivity index (χ1v) is 8.44. The van der Waals surface area contributed by atoms with Crippen LogP contribution in [0, 0.1) is 0 Å². The van der Waals surface area contributed by atoms with E-state index in [1.54, 1.807) is 0 Å². The summed E-state index contributed by atoms with van der Waals surface area (Å²) in [5, 5.41) is 20.2. The van der Waals surface area contributed by atoms with Crippen LogP contribution >= 0.6 is 0 Å². The monoisotopic (exact) mass is 391 g/mol. The Hall–Kier alpha value is -1.18. The van der Waals surface area contributed by atoms with E-state index in [4.69, 9.17) is 9.90 Å². The first-order chi connectivity index (χ1) is 11.8. The van der Waals surface area contributed by atoms with Crippen LogP contribution in [0.5, 0.6) is 0 Å². The number of hydrogen-bond donors (Lipinski definition) is 0. The third kappa shape index (κ3) is 11.4. The number of rotatable bonds is 11. The van der Waals surface area contributed by atoms with Crippen molar-refractivity contribution in [3.05, 3.63) is 24.8 Å². The van der Waals surface area contributed by atoms with Crippen molar-refractivity contribution in [3.8, 4) is 0 Å². The van der Waals surface area contributed by atoms with Gasteiger partial charge in [0.15, 0.2) is 0 Å². The van der Waals surface area contributed by atoms with Crippen molar-refractivity contribution < 1.29 is 29.4 Å². The first-order valence-electron chi connectivity index (χ1n) is 8.44.